The van der Waals surface area contributed by atoms with Gasteiger partial charge in [0.15, 0.2) is 0 Å². The third-order valence-corrected chi connectivity index (χ3v) is 2.35. The summed E-state index contributed by atoms with van der Waals surface area (Å²) in [5.41, 5.74) is 0. The monoisotopic (exact) mass is 116 g/mol. The summed E-state index contributed by atoms with van der Waals surface area (Å²) in [5.74, 6) is 2.62. The molecular formula is C5H8OS. The Balaban J connectivity index is 2.26. The van der Waals surface area contributed by atoms with Gasteiger partial charge in [-0.15, -0.1) is 0 Å². The molecule has 1 aliphatic rings. The number of hydrogen-bond acceptors (Lipinski definition) is 2. The SMILES string of the molecule is O=C[C@H]1CCSC1. The standard InChI is InChI=1S/C5H8OS/c6-3-5-1-2-7-4-5/h3,5H,1-2,4H2/t5-/m1/s1. The van der Waals surface area contributed by atoms with Crippen molar-refractivity contribution in [3.05, 3.63) is 0 Å². The number of aldehydes is 1. The summed E-state index contributed by atoms with van der Waals surface area (Å²) >= 11 is 1.88. The topological polar surface area (TPSA) is 17.1 Å². The summed E-state index contributed by atoms with van der Waals surface area (Å²) in [6.45, 7) is 0. The van der Waals surface area contributed by atoms with E-state index < -0.39 is 0 Å². The van der Waals surface area contributed by atoms with Crippen LogP contribution in [0.5, 0.6) is 0 Å². The zero-order valence-corrected chi connectivity index (χ0v) is 4.91. The van der Waals surface area contributed by atoms with Gasteiger partial charge in [-0.05, 0) is 12.2 Å². The highest BCUT2D eigenvalue weighted by molar-refractivity contribution is 7.99. The number of hydrogen-bond donors (Lipinski definition) is 0. The van der Waals surface area contributed by atoms with E-state index in [-0.39, 0.29) is 0 Å². The first-order valence-corrected chi connectivity index (χ1v) is 3.62. The minimum absolute atomic E-state index is 0.380. The molecule has 1 aliphatic heterocycles. The molecule has 2 heteroatoms. The van der Waals surface area contributed by atoms with Gasteiger partial charge >= 0.3 is 0 Å². The van der Waals surface area contributed by atoms with Gasteiger partial charge in [0.25, 0.3) is 0 Å². The minimum atomic E-state index is 0.380. The fraction of sp³-hybridized carbons (Fsp3) is 0.800. The fourth-order valence-corrected chi connectivity index (χ4v) is 1.84. The molecule has 40 valence electrons. The lowest BCUT2D eigenvalue weighted by Gasteiger charge is -1.89. The molecule has 1 atom stereocenters. The van der Waals surface area contributed by atoms with Crippen LogP contribution in [0.3, 0.4) is 0 Å². The summed E-state index contributed by atoms with van der Waals surface area (Å²) in [4.78, 5) is 9.99. The van der Waals surface area contributed by atoms with Gasteiger partial charge in [0.1, 0.15) is 6.29 Å². The van der Waals surface area contributed by atoms with Crippen LogP contribution in [0, 0.1) is 5.92 Å². The second-order valence-corrected chi connectivity index (χ2v) is 2.91. The molecule has 0 unspecified atom stereocenters. The first-order valence-electron chi connectivity index (χ1n) is 2.46. The molecule has 0 bridgehead atoms. The molecule has 0 aromatic rings. The van der Waals surface area contributed by atoms with E-state index >= 15 is 0 Å². The molecule has 1 saturated heterocycles. The van der Waals surface area contributed by atoms with Crippen molar-refractivity contribution in [2.45, 2.75) is 6.42 Å². The molecule has 0 radical (unpaired) electrons. The lowest BCUT2D eigenvalue weighted by atomic mass is 10.2. The average molecular weight is 116 g/mol. The number of rotatable bonds is 1. The third-order valence-electron chi connectivity index (χ3n) is 1.16. The molecule has 1 rings (SSSR count). The van der Waals surface area contributed by atoms with Gasteiger partial charge in [-0.3, -0.25) is 0 Å². The van der Waals surface area contributed by atoms with Gasteiger partial charge in [-0.2, -0.15) is 11.8 Å². The third kappa shape index (κ3) is 1.20. The maximum atomic E-state index is 9.99. The molecule has 0 aromatic heterocycles. The van der Waals surface area contributed by atoms with Gasteiger partial charge in [0.05, 0.1) is 0 Å². The smallest absolute Gasteiger partial charge is 0.123 e. The number of carbonyl (C=O) groups is 1. The zero-order valence-electron chi connectivity index (χ0n) is 4.09. The quantitative estimate of drug-likeness (QED) is 0.474. The Labute approximate surface area is 47.5 Å². The molecule has 0 amide bonds. The van der Waals surface area contributed by atoms with Crippen molar-refractivity contribution in [1.82, 2.24) is 0 Å². The molecule has 1 nitrogen and oxygen atoms in total. The Morgan fingerprint density at radius 3 is 2.86 bits per heavy atom. The van der Waals surface area contributed by atoms with E-state index in [9.17, 15) is 4.79 Å². The van der Waals surface area contributed by atoms with Crippen molar-refractivity contribution in [2.75, 3.05) is 11.5 Å². The molecule has 1 heterocycles. The molecule has 0 N–H and O–H groups in total. The van der Waals surface area contributed by atoms with Crippen molar-refractivity contribution >= 4 is 18.0 Å². The van der Waals surface area contributed by atoms with E-state index in [4.69, 9.17) is 0 Å². The molecule has 1 fully saturated rings. The van der Waals surface area contributed by atoms with E-state index in [0.29, 0.717) is 5.92 Å². The van der Waals surface area contributed by atoms with Crippen LogP contribution in [-0.4, -0.2) is 17.8 Å². The predicted molar refractivity (Wildman–Crippen MR) is 31.5 cm³/mol. The lowest BCUT2D eigenvalue weighted by molar-refractivity contribution is -0.110. The van der Waals surface area contributed by atoms with E-state index in [2.05, 4.69) is 0 Å². The predicted octanol–water partition coefficient (Wildman–Crippen LogP) is 0.938. The summed E-state index contributed by atoms with van der Waals surface area (Å²) in [6.07, 6.45) is 2.17. The number of carbonyl (C=O) groups excluding carboxylic acids is 1. The van der Waals surface area contributed by atoms with Crippen molar-refractivity contribution in [2.24, 2.45) is 5.92 Å². The minimum Gasteiger partial charge on any atom is -0.303 e. The first kappa shape index (κ1) is 5.16. The van der Waals surface area contributed by atoms with Gasteiger partial charge in [0, 0.05) is 11.7 Å². The molecule has 0 spiro atoms. The number of thioether (sulfide) groups is 1. The van der Waals surface area contributed by atoms with Gasteiger partial charge in [-0.1, -0.05) is 0 Å². The van der Waals surface area contributed by atoms with Gasteiger partial charge < -0.3 is 4.79 Å². The fourth-order valence-electron chi connectivity index (χ4n) is 0.660. The van der Waals surface area contributed by atoms with Crippen LogP contribution >= 0.6 is 11.8 Å². The second-order valence-electron chi connectivity index (χ2n) is 1.76. The highest BCUT2D eigenvalue weighted by Crippen LogP contribution is 2.20. The Hall–Kier alpha value is 0.0200. The highest BCUT2D eigenvalue weighted by atomic mass is 32.2. The first-order chi connectivity index (χ1) is 3.43. The van der Waals surface area contributed by atoms with Crippen molar-refractivity contribution in [3.8, 4) is 0 Å². The van der Waals surface area contributed by atoms with Crippen molar-refractivity contribution in [1.29, 1.82) is 0 Å². The maximum absolute atomic E-state index is 9.99. The molecule has 0 saturated carbocycles. The van der Waals surface area contributed by atoms with Gasteiger partial charge in [-0.25, -0.2) is 0 Å². The largest absolute Gasteiger partial charge is 0.303 e. The molecule has 7 heavy (non-hydrogen) atoms. The van der Waals surface area contributed by atoms with E-state index in [1.165, 1.54) is 5.75 Å². The summed E-state index contributed by atoms with van der Waals surface area (Å²) < 4.78 is 0. The van der Waals surface area contributed by atoms with Gasteiger partial charge in [0.2, 0.25) is 0 Å². The molecule has 0 aromatic carbocycles. The van der Waals surface area contributed by atoms with E-state index in [0.717, 1.165) is 18.5 Å². The van der Waals surface area contributed by atoms with E-state index in [1.807, 2.05) is 11.8 Å². The second kappa shape index (κ2) is 2.36. The Morgan fingerprint density at radius 2 is 2.57 bits per heavy atom. The van der Waals surface area contributed by atoms with Crippen LogP contribution in [0.25, 0.3) is 0 Å². The van der Waals surface area contributed by atoms with Crippen molar-refractivity contribution < 1.29 is 4.79 Å². The summed E-state index contributed by atoms with van der Waals surface area (Å²) in [5, 5.41) is 0. The normalized spacial score (nSPS) is 30.6. The summed E-state index contributed by atoms with van der Waals surface area (Å²) in [6, 6.07) is 0. The van der Waals surface area contributed by atoms with Crippen LogP contribution in [0.4, 0.5) is 0 Å². The summed E-state index contributed by atoms with van der Waals surface area (Å²) in [7, 11) is 0. The van der Waals surface area contributed by atoms with Crippen LogP contribution in [0.1, 0.15) is 6.42 Å². The van der Waals surface area contributed by atoms with Crippen LogP contribution < -0.4 is 0 Å². The average Bonchev–Trinajstić information content (AvgIpc) is 2.14. The van der Waals surface area contributed by atoms with Crippen LogP contribution in [-0.2, 0) is 4.79 Å². The Bertz CT molecular complexity index is 66.5. The Morgan fingerprint density at radius 1 is 1.71 bits per heavy atom. The maximum Gasteiger partial charge on any atom is 0.123 e. The molecular weight excluding hydrogens is 108 g/mol. The van der Waals surface area contributed by atoms with Crippen LogP contribution in [0.2, 0.25) is 0 Å². The van der Waals surface area contributed by atoms with Crippen molar-refractivity contribution in [3.63, 3.8) is 0 Å². The Kier molecular flexibility index (Phi) is 1.74. The van der Waals surface area contributed by atoms with E-state index in [1.54, 1.807) is 0 Å². The molecule has 0 aliphatic carbocycles. The lowest BCUT2D eigenvalue weighted by Crippen LogP contribution is -1.96. The highest BCUT2D eigenvalue weighted by Gasteiger charge is 2.12. The zero-order chi connectivity index (χ0) is 5.11. The van der Waals surface area contributed by atoms with Crippen LogP contribution in [0.15, 0.2) is 0 Å².